The van der Waals surface area contributed by atoms with Gasteiger partial charge < -0.3 is 9.64 Å². The molecule has 7 nitrogen and oxygen atoms in total. The molecule has 4 rings (SSSR count). The number of para-hydroxylation sites is 1. The van der Waals surface area contributed by atoms with Crippen LogP contribution in [-0.2, 0) is 6.61 Å². The van der Waals surface area contributed by atoms with E-state index in [1.165, 1.54) is 0 Å². The quantitative estimate of drug-likeness (QED) is 0.707. The molecule has 3 aromatic rings. The largest absolute Gasteiger partial charge is 0.487 e. The molecule has 132 valence electrons. The Labute approximate surface area is 151 Å². The summed E-state index contributed by atoms with van der Waals surface area (Å²) in [4.78, 5) is 18.4. The molecular weight excluding hydrogens is 330 g/mol. The smallest absolute Gasteiger partial charge is 0.272 e. The highest BCUT2D eigenvalue weighted by atomic mass is 16.5. The van der Waals surface area contributed by atoms with E-state index in [-0.39, 0.29) is 11.9 Å². The first-order valence-electron chi connectivity index (χ1n) is 8.58. The third kappa shape index (κ3) is 3.56. The normalized spacial score (nSPS) is 16.6. The Morgan fingerprint density at radius 1 is 1.15 bits per heavy atom. The van der Waals surface area contributed by atoms with E-state index in [9.17, 15) is 4.79 Å². The molecule has 7 heteroatoms. The summed E-state index contributed by atoms with van der Waals surface area (Å²) < 4.78 is 7.53. The van der Waals surface area contributed by atoms with Gasteiger partial charge in [-0.25, -0.2) is 4.68 Å². The van der Waals surface area contributed by atoms with Crippen LogP contribution in [0.2, 0.25) is 0 Å². The molecule has 0 aliphatic carbocycles. The summed E-state index contributed by atoms with van der Waals surface area (Å²) >= 11 is 0. The van der Waals surface area contributed by atoms with Crippen molar-refractivity contribution in [1.82, 2.24) is 24.9 Å². The first-order chi connectivity index (χ1) is 12.8. The predicted octanol–water partition coefficient (Wildman–Crippen LogP) is 2.34. The maximum Gasteiger partial charge on any atom is 0.272 e. The van der Waals surface area contributed by atoms with Crippen LogP contribution in [0.15, 0.2) is 60.9 Å². The van der Waals surface area contributed by atoms with E-state index >= 15 is 0 Å². The van der Waals surface area contributed by atoms with E-state index in [4.69, 9.17) is 4.74 Å². The van der Waals surface area contributed by atoms with Gasteiger partial charge in [-0.1, -0.05) is 29.5 Å². The Hall–Kier alpha value is -3.22. The van der Waals surface area contributed by atoms with Crippen LogP contribution in [0.4, 0.5) is 0 Å². The first-order valence-corrected chi connectivity index (χ1v) is 8.58. The van der Waals surface area contributed by atoms with Crippen LogP contribution >= 0.6 is 0 Å². The van der Waals surface area contributed by atoms with Crippen molar-refractivity contribution in [1.29, 1.82) is 0 Å². The van der Waals surface area contributed by atoms with Crippen LogP contribution in [0.5, 0.6) is 5.75 Å². The molecule has 1 aliphatic heterocycles. The van der Waals surface area contributed by atoms with Gasteiger partial charge in [0.1, 0.15) is 23.7 Å². The molecule has 1 atom stereocenters. The Bertz CT molecular complexity index is 866. The highest BCUT2D eigenvalue weighted by Gasteiger charge is 2.29. The third-order valence-electron chi connectivity index (χ3n) is 4.40. The number of rotatable bonds is 5. The van der Waals surface area contributed by atoms with Crippen molar-refractivity contribution in [2.24, 2.45) is 0 Å². The summed E-state index contributed by atoms with van der Waals surface area (Å²) in [6.45, 7) is 1.67. The van der Waals surface area contributed by atoms with Crippen molar-refractivity contribution < 1.29 is 9.53 Å². The van der Waals surface area contributed by atoms with E-state index in [1.54, 1.807) is 18.3 Å². The van der Waals surface area contributed by atoms with Crippen LogP contribution in [0, 0.1) is 0 Å². The number of likely N-dealkylation sites (tertiary alicyclic amines) is 1. The van der Waals surface area contributed by atoms with Gasteiger partial charge in [0.25, 0.3) is 5.91 Å². The predicted molar refractivity (Wildman–Crippen MR) is 94.6 cm³/mol. The Balaban J connectivity index is 1.36. The molecule has 1 unspecified atom stereocenters. The second-order valence-corrected chi connectivity index (χ2v) is 6.20. The zero-order valence-corrected chi connectivity index (χ0v) is 14.2. The molecule has 0 saturated carbocycles. The van der Waals surface area contributed by atoms with Crippen molar-refractivity contribution >= 4 is 5.91 Å². The minimum atomic E-state index is -0.0409. The molecule has 1 amide bonds. The lowest BCUT2D eigenvalue weighted by Gasteiger charge is -2.15. The molecule has 1 fully saturated rings. The number of aromatic nitrogens is 4. The number of pyridine rings is 1. The Morgan fingerprint density at radius 3 is 2.81 bits per heavy atom. The van der Waals surface area contributed by atoms with Gasteiger partial charge in [0.15, 0.2) is 0 Å². The monoisotopic (exact) mass is 349 g/mol. The SMILES string of the molecule is O=C(c1ccccn1)N1CCC(n2cc(COc3ccccc3)nn2)C1. The Morgan fingerprint density at radius 2 is 2.00 bits per heavy atom. The molecule has 26 heavy (non-hydrogen) atoms. The maximum absolute atomic E-state index is 12.5. The molecule has 3 heterocycles. The summed E-state index contributed by atoms with van der Waals surface area (Å²) in [5.41, 5.74) is 1.24. The van der Waals surface area contributed by atoms with Gasteiger partial charge in [-0.2, -0.15) is 0 Å². The van der Waals surface area contributed by atoms with Crippen LogP contribution in [0.3, 0.4) is 0 Å². The topological polar surface area (TPSA) is 73.1 Å². The van der Waals surface area contributed by atoms with Crippen molar-refractivity contribution in [3.05, 3.63) is 72.3 Å². The number of carbonyl (C=O) groups is 1. The van der Waals surface area contributed by atoms with Crippen LogP contribution in [-0.4, -0.2) is 43.9 Å². The minimum absolute atomic E-state index is 0.0409. The second kappa shape index (κ2) is 7.35. The summed E-state index contributed by atoms with van der Waals surface area (Å²) in [7, 11) is 0. The number of hydrogen-bond donors (Lipinski definition) is 0. The van der Waals surface area contributed by atoms with Gasteiger partial charge in [-0.3, -0.25) is 9.78 Å². The highest BCUT2D eigenvalue weighted by molar-refractivity contribution is 5.92. The lowest BCUT2D eigenvalue weighted by Crippen LogP contribution is -2.29. The first kappa shape index (κ1) is 16.3. The second-order valence-electron chi connectivity index (χ2n) is 6.20. The van der Waals surface area contributed by atoms with E-state index in [1.807, 2.05) is 52.2 Å². The van der Waals surface area contributed by atoms with Gasteiger partial charge in [0.2, 0.25) is 0 Å². The summed E-state index contributed by atoms with van der Waals surface area (Å²) in [6, 6.07) is 15.1. The van der Waals surface area contributed by atoms with Gasteiger partial charge >= 0.3 is 0 Å². The number of benzene rings is 1. The van der Waals surface area contributed by atoms with E-state index in [2.05, 4.69) is 15.3 Å². The highest BCUT2D eigenvalue weighted by Crippen LogP contribution is 2.22. The lowest BCUT2D eigenvalue weighted by atomic mass is 10.3. The molecule has 1 saturated heterocycles. The summed E-state index contributed by atoms with van der Waals surface area (Å²) in [5.74, 6) is 0.760. The molecule has 0 radical (unpaired) electrons. The molecule has 1 aromatic carbocycles. The molecule has 1 aliphatic rings. The summed E-state index contributed by atoms with van der Waals surface area (Å²) in [5, 5.41) is 8.39. The third-order valence-corrected chi connectivity index (χ3v) is 4.40. The van der Waals surface area contributed by atoms with Gasteiger partial charge in [0, 0.05) is 19.3 Å². The maximum atomic E-state index is 12.5. The minimum Gasteiger partial charge on any atom is -0.487 e. The van der Waals surface area contributed by atoms with Crippen molar-refractivity contribution in [2.45, 2.75) is 19.1 Å². The molecule has 0 N–H and O–H groups in total. The van der Waals surface area contributed by atoms with Gasteiger partial charge in [-0.05, 0) is 30.7 Å². The fraction of sp³-hybridized carbons (Fsp3) is 0.263. The van der Waals surface area contributed by atoms with Crippen LogP contribution < -0.4 is 4.74 Å². The number of nitrogens with zero attached hydrogens (tertiary/aromatic N) is 5. The number of amides is 1. The van der Waals surface area contributed by atoms with Gasteiger partial charge in [-0.15, -0.1) is 5.10 Å². The number of hydrogen-bond acceptors (Lipinski definition) is 5. The standard InChI is InChI=1S/C19H19N5O2/c25-19(18-8-4-5-10-20-18)23-11-9-16(13-23)24-12-15(21-22-24)14-26-17-6-2-1-3-7-17/h1-8,10,12,16H,9,11,13-14H2. The van der Waals surface area contributed by atoms with E-state index < -0.39 is 0 Å². The van der Waals surface area contributed by atoms with Crippen molar-refractivity contribution in [3.63, 3.8) is 0 Å². The molecular formula is C19H19N5O2. The van der Waals surface area contributed by atoms with E-state index in [0.29, 0.717) is 25.4 Å². The van der Waals surface area contributed by atoms with Crippen LogP contribution in [0.1, 0.15) is 28.6 Å². The van der Waals surface area contributed by atoms with Gasteiger partial charge in [0.05, 0.1) is 12.2 Å². The molecule has 0 bridgehead atoms. The number of carbonyl (C=O) groups excluding carboxylic acids is 1. The zero-order valence-electron chi connectivity index (χ0n) is 14.2. The fourth-order valence-electron chi connectivity index (χ4n) is 3.03. The number of ether oxygens (including phenoxy) is 1. The average Bonchev–Trinajstić information content (AvgIpc) is 3.37. The Kier molecular flexibility index (Phi) is 4.59. The van der Waals surface area contributed by atoms with E-state index in [0.717, 1.165) is 17.9 Å². The lowest BCUT2D eigenvalue weighted by molar-refractivity contribution is 0.0781. The van der Waals surface area contributed by atoms with Crippen LogP contribution in [0.25, 0.3) is 0 Å². The zero-order chi connectivity index (χ0) is 17.8. The van der Waals surface area contributed by atoms with Crippen molar-refractivity contribution in [3.8, 4) is 5.75 Å². The summed E-state index contributed by atoms with van der Waals surface area (Å²) in [6.07, 6.45) is 4.38. The molecule has 2 aromatic heterocycles. The fourth-order valence-corrected chi connectivity index (χ4v) is 3.03. The van der Waals surface area contributed by atoms with Crippen molar-refractivity contribution in [2.75, 3.05) is 13.1 Å². The molecule has 0 spiro atoms. The average molecular weight is 349 g/mol.